The number of methoxy groups -OCH3 is 1. The maximum absolute atomic E-state index is 6.05. The molecule has 1 saturated heterocycles. The van der Waals surface area contributed by atoms with Gasteiger partial charge in [0.25, 0.3) is 0 Å². The van der Waals surface area contributed by atoms with Gasteiger partial charge in [0.2, 0.25) is 0 Å². The van der Waals surface area contributed by atoms with Crippen LogP contribution in [0, 0.1) is 3.57 Å². The number of benzene rings is 1. The Kier molecular flexibility index (Phi) is 3.91. The van der Waals surface area contributed by atoms with E-state index in [0.29, 0.717) is 6.10 Å². The molecule has 1 fully saturated rings. The average molecular weight is 332 g/mol. The largest absolute Gasteiger partial charge is 0.397 e. The Bertz CT molecular complexity index is 370. The quantitative estimate of drug-likeness (QED) is 0.668. The maximum atomic E-state index is 6.05. The van der Waals surface area contributed by atoms with Crippen LogP contribution in [-0.4, -0.2) is 26.3 Å². The maximum Gasteiger partial charge on any atom is 0.0746 e. The lowest BCUT2D eigenvalue weighted by Crippen LogP contribution is -2.39. The molecular formula is C12H17IN2O. The third-order valence-electron chi connectivity index (χ3n) is 3.04. The van der Waals surface area contributed by atoms with Crippen molar-refractivity contribution in [3.8, 4) is 0 Å². The number of halogens is 1. The van der Waals surface area contributed by atoms with E-state index in [2.05, 4.69) is 39.6 Å². The van der Waals surface area contributed by atoms with Crippen molar-refractivity contribution in [2.75, 3.05) is 30.8 Å². The summed E-state index contributed by atoms with van der Waals surface area (Å²) in [6.45, 7) is 2.02. The molecule has 1 atom stereocenters. The number of nitrogen functional groups attached to an aromatic ring is 1. The van der Waals surface area contributed by atoms with E-state index in [9.17, 15) is 0 Å². The second kappa shape index (κ2) is 5.23. The predicted molar refractivity (Wildman–Crippen MR) is 75.8 cm³/mol. The molecule has 1 aromatic carbocycles. The van der Waals surface area contributed by atoms with E-state index in [4.69, 9.17) is 10.5 Å². The molecule has 0 aliphatic carbocycles. The summed E-state index contributed by atoms with van der Waals surface area (Å²) >= 11 is 2.28. The fourth-order valence-electron chi connectivity index (χ4n) is 2.16. The van der Waals surface area contributed by atoms with Crippen LogP contribution in [0.4, 0.5) is 11.4 Å². The number of anilines is 2. The number of nitrogens with two attached hydrogens (primary N) is 1. The van der Waals surface area contributed by atoms with Gasteiger partial charge in [0.05, 0.1) is 17.5 Å². The van der Waals surface area contributed by atoms with Gasteiger partial charge in [-0.3, -0.25) is 0 Å². The molecule has 1 aliphatic rings. The molecule has 0 amide bonds. The number of piperidine rings is 1. The van der Waals surface area contributed by atoms with E-state index in [1.807, 2.05) is 6.07 Å². The molecule has 1 unspecified atom stereocenters. The zero-order valence-electron chi connectivity index (χ0n) is 9.45. The molecule has 3 nitrogen and oxygen atoms in total. The van der Waals surface area contributed by atoms with E-state index in [0.717, 1.165) is 30.9 Å². The van der Waals surface area contributed by atoms with Crippen LogP contribution in [0.5, 0.6) is 0 Å². The van der Waals surface area contributed by atoms with Crippen LogP contribution in [-0.2, 0) is 4.74 Å². The summed E-state index contributed by atoms with van der Waals surface area (Å²) < 4.78 is 6.60. The standard InChI is InChI=1S/C12H17IN2O/c1-16-10-3-2-6-15(8-10)12-5-4-9(13)7-11(12)14/h4-5,7,10H,2-3,6,8,14H2,1H3. The molecule has 1 aromatic rings. The number of hydrogen-bond acceptors (Lipinski definition) is 3. The Labute approximate surface area is 110 Å². The second-order valence-corrected chi connectivity index (χ2v) is 5.39. The highest BCUT2D eigenvalue weighted by molar-refractivity contribution is 14.1. The number of nitrogens with zero attached hydrogens (tertiary/aromatic N) is 1. The molecule has 0 radical (unpaired) electrons. The highest BCUT2D eigenvalue weighted by atomic mass is 127. The molecular weight excluding hydrogens is 315 g/mol. The van der Waals surface area contributed by atoms with Gasteiger partial charge in [0.15, 0.2) is 0 Å². The minimum Gasteiger partial charge on any atom is -0.397 e. The molecule has 1 heterocycles. The van der Waals surface area contributed by atoms with E-state index < -0.39 is 0 Å². The molecule has 0 bridgehead atoms. The van der Waals surface area contributed by atoms with E-state index in [1.54, 1.807) is 7.11 Å². The van der Waals surface area contributed by atoms with Crippen LogP contribution in [0.1, 0.15) is 12.8 Å². The molecule has 4 heteroatoms. The van der Waals surface area contributed by atoms with Crippen molar-refractivity contribution in [2.45, 2.75) is 18.9 Å². The van der Waals surface area contributed by atoms with Crippen molar-refractivity contribution in [1.82, 2.24) is 0 Å². The monoisotopic (exact) mass is 332 g/mol. The Hall–Kier alpha value is -0.490. The first-order chi connectivity index (χ1) is 7.70. The van der Waals surface area contributed by atoms with Crippen LogP contribution in [0.15, 0.2) is 18.2 Å². The van der Waals surface area contributed by atoms with Crippen LogP contribution >= 0.6 is 22.6 Å². The van der Waals surface area contributed by atoms with Gasteiger partial charge in [-0.2, -0.15) is 0 Å². The first-order valence-electron chi connectivity index (χ1n) is 5.53. The minimum absolute atomic E-state index is 0.340. The summed E-state index contributed by atoms with van der Waals surface area (Å²) in [5, 5.41) is 0. The Morgan fingerprint density at radius 1 is 1.50 bits per heavy atom. The summed E-state index contributed by atoms with van der Waals surface area (Å²) in [7, 11) is 1.78. The molecule has 0 saturated carbocycles. The zero-order chi connectivity index (χ0) is 11.5. The van der Waals surface area contributed by atoms with Crippen LogP contribution in [0.3, 0.4) is 0 Å². The second-order valence-electron chi connectivity index (χ2n) is 4.15. The van der Waals surface area contributed by atoms with Crippen molar-refractivity contribution in [3.63, 3.8) is 0 Å². The van der Waals surface area contributed by atoms with Gasteiger partial charge in [-0.05, 0) is 53.6 Å². The lowest BCUT2D eigenvalue weighted by Gasteiger charge is -2.34. The molecule has 2 N–H and O–H groups in total. The normalized spacial score (nSPS) is 21.1. The zero-order valence-corrected chi connectivity index (χ0v) is 11.6. The lowest BCUT2D eigenvalue weighted by atomic mass is 10.1. The Morgan fingerprint density at radius 2 is 2.31 bits per heavy atom. The molecule has 2 rings (SSSR count). The first-order valence-corrected chi connectivity index (χ1v) is 6.61. The van der Waals surface area contributed by atoms with Crippen LogP contribution < -0.4 is 10.6 Å². The molecule has 88 valence electrons. The fraction of sp³-hybridized carbons (Fsp3) is 0.500. The fourth-order valence-corrected chi connectivity index (χ4v) is 2.68. The smallest absolute Gasteiger partial charge is 0.0746 e. The summed E-state index contributed by atoms with van der Waals surface area (Å²) in [5.41, 5.74) is 8.06. The topological polar surface area (TPSA) is 38.5 Å². The third-order valence-corrected chi connectivity index (χ3v) is 3.71. The van der Waals surface area contributed by atoms with Gasteiger partial charge in [0, 0.05) is 23.8 Å². The van der Waals surface area contributed by atoms with Crippen molar-refractivity contribution in [2.24, 2.45) is 0 Å². The van der Waals surface area contributed by atoms with E-state index >= 15 is 0 Å². The van der Waals surface area contributed by atoms with Gasteiger partial charge in [0.1, 0.15) is 0 Å². The van der Waals surface area contributed by atoms with Crippen LogP contribution in [0.2, 0.25) is 0 Å². The van der Waals surface area contributed by atoms with Crippen molar-refractivity contribution in [3.05, 3.63) is 21.8 Å². The predicted octanol–water partition coefficient (Wildman–Crippen LogP) is 2.49. The summed E-state index contributed by atoms with van der Waals surface area (Å²) in [6, 6.07) is 6.23. The SMILES string of the molecule is COC1CCCN(c2ccc(I)cc2N)C1. The van der Waals surface area contributed by atoms with Gasteiger partial charge in [-0.25, -0.2) is 0 Å². The number of ether oxygens (including phenoxy) is 1. The van der Waals surface area contributed by atoms with Gasteiger partial charge in [-0.15, -0.1) is 0 Å². The van der Waals surface area contributed by atoms with Gasteiger partial charge >= 0.3 is 0 Å². The Balaban J connectivity index is 2.16. The highest BCUT2D eigenvalue weighted by Gasteiger charge is 2.20. The molecule has 0 spiro atoms. The third kappa shape index (κ3) is 2.60. The van der Waals surface area contributed by atoms with Gasteiger partial charge in [-0.1, -0.05) is 0 Å². The minimum atomic E-state index is 0.340. The lowest BCUT2D eigenvalue weighted by molar-refractivity contribution is 0.0894. The molecule has 0 aromatic heterocycles. The first kappa shape index (κ1) is 12.0. The molecule has 1 aliphatic heterocycles. The summed E-state index contributed by atoms with van der Waals surface area (Å²) in [4.78, 5) is 2.32. The van der Waals surface area contributed by atoms with Crippen molar-refractivity contribution >= 4 is 34.0 Å². The number of rotatable bonds is 2. The van der Waals surface area contributed by atoms with E-state index in [1.165, 1.54) is 9.99 Å². The van der Waals surface area contributed by atoms with Gasteiger partial charge < -0.3 is 15.4 Å². The van der Waals surface area contributed by atoms with Crippen LogP contribution in [0.25, 0.3) is 0 Å². The molecule has 16 heavy (non-hydrogen) atoms. The number of hydrogen-bond donors (Lipinski definition) is 1. The van der Waals surface area contributed by atoms with Crippen molar-refractivity contribution in [1.29, 1.82) is 0 Å². The summed E-state index contributed by atoms with van der Waals surface area (Å²) in [6.07, 6.45) is 2.66. The Morgan fingerprint density at radius 3 is 3.00 bits per heavy atom. The van der Waals surface area contributed by atoms with E-state index in [-0.39, 0.29) is 0 Å². The summed E-state index contributed by atoms with van der Waals surface area (Å²) in [5.74, 6) is 0. The highest BCUT2D eigenvalue weighted by Crippen LogP contribution is 2.28. The van der Waals surface area contributed by atoms with Crippen molar-refractivity contribution < 1.29 is 4.74 Å². The average Bonchev–Trinajstić information content (AvgIpc) is 2.29.